The van der Waals surface area contributed by atoms with E-state index in [1.165, 1.54) is 44.4 Å². The van der Waals surface area contributed by atoms with Gasteiger partial charge in [-0.05, 0) is 80.6 Å². The molecule has 0 aromatic heterocycles. The molecule has 1 fully saturated rings. The van der Waals surface area contributed by atoms with E-state index in [0.717, 1.165) is 26.1 Å². The first-order valence-electron chi connectivity index (χ1n) is 11.1. The number of para-hydroxylation sites is 1. The molecule has 2 aromatic rings. The molecule has 2 aromatic carbocycles. The number of aryl methyl sites for hydroxylation is 1. The highest BCUT2D eigenvalue weighted by molar-refractivity contribution is 5.95. The predicted molar refractivity (Wildman–Crippen MR) is 114 cm³/mol. The van der Waals surface area contributed by atoms with Gasteiger partial charge in [0.15, 0.2) is 5.78 Å². The number of hydrogen-bond acceptors (Lipinski definition) is 3. The highest BCUT2D eigenvalue weighted by Crippen LogP contribution is 2.48. The molecule has 2 atom stereocenters. The lowest BCUT2D eigenvalue weighted by molar-refractivity contribution is 0.0975. The van der Waals surface area contributed by atoms with Crippen molar-refractivity contribution in [2.75, 3.05) is 31.1 Å². The molecule has 0 amide bonds. The van der Waals surface area contributed by atoms with E-state index in [0.29, 0.717) is 23.9 Å². The summed E-state index contributed by atoms with van der Waals surface area (Å²) in [7, 11) is 0. The summed E-state index contributed by atoms with van der Waals surface area (Å²) in [4.78, 5) is 17.6. The van der Waals surface area contributed by atoms with Crippen molar-refractivity contribution in [2.45, 2.75) is 50.5 Å². The summed E-state index contributed by atoms with van der Waals surface area (Å²) in [5, 5.41) is 0. The fourth-order valence-electron chi connectivity index (χ4n) is 5.69. The zero-order chi connectivity index (χ0) is 19.8. The van der Waals surface area contributed by atoms with E-state index >= 15 is 0 Å². The first-order chi connectivity index (χ1) is 14.2. The van der Waals surface area contributed by atoms with Gasteiger partial charge in [0.1, 0.15) is 5.82 Å². The molecule has 0 radical (unpaired) electrons. The molecule has 3 aliphatic heterocycles. The van der Waals surface area contributed by atoms with Crippen LogP contribution in [0.1, 0.15) is 59.5 Å². The predicted octanol–water partition coefficient (Wildman–Crippen LogP) is 4.80. The van der Waals surface area contributed by atoms with Gasteiger partial charge in [-0.25, -0.2) is 4.39 Å². The third kappa shape index (κ3) is 3.59. The standard InChI is InChI=1S/C25H29FN2O/c26-20-10-8-18(9-11-20)24(29)7-3-14-27-16-12-21-22-6-1-4-19-5-2-15-28(25(19)22)23(21)13-17-27/h1,4,6,8-11,21,23H,2-3,5,7,12-17H2. The maximum absolute atomic E-state index is 13.0. The first-order valence-corrected chi connectivity index (χ1v) is 11.1. The van der Waals surface area contributed by atoms with Gasteiger partial charge in [-0.2, -0.15) is 0 Å². The lowest BCUT2D eigenvalue weighted by Crippen LogP contribution is -2.38. The topological polar surface area (TPSA) is 23.6 Å². The van der Waals surface area contributed by atoms with Crippen LogP contribution in [0.25, 0.3) is 0 Å². The fourth-order valence-corrected chi connectivity index (χ4v) is 5.69. The minimum atomic E-state index is -0.293. The highest BCUT2D eigenvalue weighted by Gasteiger charge is 2.41. The van der Waals surface area contributed by atoms with Crippen LogP contribution in [0.2, 0.25) is 0 Å². The molecule has 0 aliphatic carbocycles. The number of nitrogens with zero attached hydrogens (tertiary/aromatic N) is 2. The third-order valence-electron chi connectivity index (χ3n) is 7.09. The Bertz CT molecular complexity index is 894. The van der Waals surface area contributed by atoms with Crippen molar-refractivity contribution in [1.29, 1.82) is 0 Å². The van der Waals surface area contributed by atoms with E-state index in [4.69, 9.17) is 0 Å². The van der Waals surface area contributed by atoms with Gasteiger partial charge in [0.05, 0.1) is 0 Å². The summed E-state index contributed by atoms with van der Waals surface area (Å²) in [6, 6.07) is 13.5. The fraction of sp³-hybridized carbons (Fsp3) is 0.480. The van der Waals surface area contributed by atoms with Gasteiger partial charge in [-0.1, -0.05) is 18.2 Å². The molecular weight excluding hydrogens is 363 g/mol. The van der Waals surface area contributed by atoms with Gasteiger partial charge in [-0.3, -0.25) is 4.79 Å². The molecule has 4 heteroatoms. The number of fused-ring (bicyclic) bond motifs is 3. The molecule has 3 heterocycles. The third-order valence-corrected chi connectivity index (χ3v) is 7.09. The maximum atomic E-state index is 13.0. The minimum absolute atomic E-state index is 0.117. The lowest BCUT2D eigenvalue weighted by Gasteiger charge is -2.33. The monoisotopic (exact) mass is 392 g/mol. The second kappa shape index (κ2) is 7.91. The van der Waals surface area contributed by atoms with E-state index in [9.17, 15) is 9.18 Å². The normalized spacial score (nSPS) is 23.4. The number of benzene rings is 2. The van der Waals surface area contributed by atoms with Crippen molar-refractivity contribution < 1.29 is 9.18 Å². The molecule has 152 valence electrons. The van der Waals surface area contributed by atoms with Crippen LogP contribution in [0.3, 0.4) is 0 Å². The summed E-state index contributed by atoms with van der Waals surface area (Å²) in [5.41, 5.74) is 5.32. The van der Waals surface area contributed by atoms with Crippen molar-refractivity contribution in [1.82, 2.24) is 4.90 Å². The van der Waals surface area contributed by atoms with Gasteiger partial charge in [0.25, 0.3) is 0 Å². The molecule has 3 aliphatic rings. The van der Waals surface area contributed by atoms with Gasteiger partial charge in [-0.15, -0.1) is 0 Å². The molecule has 2 unspecified atom stereocenters. The number of hydrogen-bond donors (Lipinski definition) is 0. The lowest BCUT2D eigenvalue weighted by atomic mass is 9.90. The van der Waals surface area contributed by atoms with Crippen LogP contribution >= 0.6 is 0 Å². The average Bonchev–Trinajstić information content (AvgIpc) is 2.90. The molecule has 0 saturated carbocycles. The zero-order valence-corrected chi connectivity index (χ0v) is 16.9. The first kappa shape index (κ1) is 18.8. The van der Waals surface area contributed by atoms with Crippen molar-refractivity contribution >= 4 is 11.5 Å². The van der Waals surface area contributed by atoms with Crippen LogP contribution in [0, 0.1) is 5.82 Å². The Balaban J connectivity index is 1.19. The molecule has 1 saturated heterocycles. The van der Waals surface area contributed by atoms with Gasteiger partial charge < -0.3 is 9.80 Å². The van der Waals surface area contributed by atoms with Gasteiger partial charge in [0.2, 0.25) is 0 Å². The molecule has 5 rings (SSSR count). The number of carbonyl (C=O) groups excluding carboxylic acids is 1. The molecule has 0 N–H and O–H groups in total. The minimum Gasteiger partial charge on any atom is -0.367 e. The number of halogens is 1. The van der Waals surface area contributed by atoms with Crippen molar-refractivity contribution in [3.63, 3.8) is 0 Å². The van der Waals surface area contributed by atoms with E-state index in [1.54, 1.807) is 28.9 Å². The quantitative estimate of drug-likeness (QED) is 0.683. The van der Waals surface area contributed by atoms with Crippen LogP contribution in [0.4, 0.5) is 10.1 Å². The Labute approximate surface area is 172 Å². The average molecular weight is 393 g/mol. The number of ketones is 1. The number of anilines is 1. The number of rotatable bonds is 5. The smallest absolute Gasteiger partial charge is 0.162 e. The summed E-state index contributed by atoms with van der Waals surface area (Å²) < 4.78 is 13.0. The van der Waals surface area contributed by atoms with E-state index in [1.807, 2.05) is 0 Å². The van der Waals surface area contributed by atoms with Crippen molar-refractivity contribution in [3.8, 4) is 0 Å². The second-order valence-corrected chi connectivity index (χ2v) is 8.78. The summed E-state index contributed by atoms with van der Waals surface area (Å²) in [6.07, 6.45) is 6.33. The summed E-state index contributed by atoms with van der Waals surface area (Å²) in [6.45, 7) is 4.41. The van der Waals surface area contributed by atoms with Crippen LogP contribution in [0.15, 0.2) is 42.5 Å². The Morgan fingerprint density at radius 2 is 1.86 bits per heavy atom. The molecule has 3 nitrogen and oxygen atoms in total. The van der Waals surface area contributed by atoms with E-state index in [-0.39, 0.29) is 11.6 Å². The Kier molecular flexibility index (Phi) is 5.13. The summed E-state index contributed by atoms with van der Waals surface area (Å²) in [5.74, 6) is 0.486. The summed E-state index contributed by atoms with van der Waals surface area (Å²) >= 11 is 0. The molecule has 0 bridgehead atoms. The van der Waals surface area contributed by atoms with Crippen LogP contribution < -0.4 is 4.90 Å². The second-order valence-electron chi connectivity index (χ2n) is 8.78. The largest absolute Gasteiger partial charge is 0.367 e. The van der Waals surface area contributed by atoms with E-state index in [2.05, 4.69) is 28.0 Å². The van der Waals surface area contributed by atoms with Crippen LogP contribution in [0.5, 0.6) is 0 Å². The molecule has 29 heavy (non-hydrogen) atoms. The van der Waals surface area contributed by atoms with Crippen LogP contribution in [-0.2, 0) is 6.42 Å². The number of Topliss-reactive ketones (excluding diaryl/α,β-unsaturated/α-hetero) is 1. The Morgan fingerprint density at radius 3 is 2.72 bits per heavy atom. The van der Waals surface area contributed by atoms with Crippen molar-refractivity contribution in [3.05, 3.63) is 65.0 Å². The maximum Gasteiger partial charge on any atom is 0.162 e. The van der Waals surface area contributed by atoms with Gasteiger partial charge in [0, 0.05) is 42.7 Å². The highest BCUT2D eigenvalue weighted by atomic mass is 19.1. The van der Waals surface area contributed by atoms with E-state index < -0.39 is 0 Å². The number of carbonyl (C=O) groups is 1. The Hall–Kier alpha value is -2.20. The molecular formula is C25H29FN2O. The number of likely N-dealkylation sites (tertiary alicyclic amines) is 1. The van der Waals surface area contributed by atoms with Gasteiger partial charge >= 0.3 is 0 Å². The zero-order valence-electron chi connectivity index (χ0n) is 16.9. The molecule has 0 spiro atoms. The van der Waals surface area contributed by atoms with Crippen molar-refractivity contribution in [2.24, 2.45) is 0 Å². The Morgan fingerprint density at radius 1 is 1.03 bits per heavy atom. The SMILES string of the molecule is O=C(CCCN1CCC2c3cccc4c3N(CCC4)C2CC1)c1ccc(F)cc1. The van der Waals surface area contributed by atoms with Crippen LogP contribution in [-0.4, -0.2) is 42.9 Å².